The summed E-state index contributed by atoms with van der Waals surface area (Å²) in [5, 5.41) is 11.9. The molecular formula is C22H20F2N8O2S. The number of pyridine rings is 2. The SMILES string of the molecule is Cn1cc(-c2cn3nc4c5ncc(C(=O)NCCN6CCC(F)(F)C6)cc5[nH]c(=O)c4c3s2)cn1. The Morgan fingerprint density at radius 2 is 2.14 bits per heavy atom. The number of halogens is 2. The Morgan fingerprint density at radius 1 is 1.29 bits per heavy atom. The highest BCUT2D eigenvalue weighted by atomic mass is 32.1. The summed E-state index contributed by atoms with van der Waals surface area (Å²) in [5.74, 6) is -3.05. The largest absolute Gasteiger partial charge is 0.351 e. The van der Waals surface area contributed by atoms with E-state index in [1.807, 2.05) is 19.4 Å². The number of thiazole rings is 1. The maximum atomic E-state index is 13.3. The van der Waals surface area contributed by atoms with Gasteiger partial charge in [-0.25, -0.2) is 13.3 Å². The van der Waals surface area contributed by atoms with Crippen LogP contribution in [0.1, 0.15) is 16.8 Å². The van der Waals surface area contributed by atoms with Crippen LogP contribution in [-0.2, 0) is 7.05 Å². The molecule has 2 N–H and O–H groups in total. The zero-order valence-electron chi connectivity index (χ0n) is 18.6. The number of hydrogen-bond acceptors (Lipinski definition) is 7. The predicted octanol–water partition coefficient (Wildman–Crippen LogP) is 2.26. The van der Waals surface area contributed by atoms with Gasteiger partial charge in [-0.1, -0.05) is 0 Å². The lowest BCUT2D eigenvalue weighted by molar-refractivity contribution is 0.0124. The molecule has 0 radical (unpaired) electrons. The van der Waals surface area contributed by atoms with Gasteiger partial charge in [0.2, 0.25) is 0 Å². The van der Waals surface area contributed by atoms with Crippen LogP contribution < -0.4 is 10.9 Å². The van der Waals surface area contributed by atoms with Gasteiger partial charge in [-0.05, 0) is 6.07 Å². The van der Waals surface area contributed by atoms with Crippen LogP contribution >= 0.6 is 11.3 Å². The van der Waals surface area contributed by atoms with Crippen molar-refractivity contribution in [2.75, 3.05) is 26.2 Å². The molecule has 13 heteroatoms. The lowest BCUT2D eigenvalue weighted by Crippen LogP contribution is -2.35. The Morgan fingerprint density at radius 3 is 2.89 bits per heavy atom. The molecule has 1 aliphatic rings. The van der Waals surface area contributed by atoms with Crippen molar-refractivity contribution >= 4 is 44.0 Å². The molecule has 5 aromatic rings. The smallest absolute Gasteiger partial charge is 0.261 e. The third-order valence-corrected chi connectivity index (χ3v) is 7.26. The number of aryl methyl sites for hydroxylation is 1. The topological polar surface area (TPSA) is 113 Å². The molecule has 6 heterocycles. The number of rotatable bonds is 5. The Labute approximate surface area is 200 Å². The minimum atomic E-state index is -2.66. The first-order valence-corrected chi connectivity index (χ1v) is 11.8. The molecule has 0 saturated carbocycles. The number of nitrogens with one attached hydrogen (secondary N) is 2. The molecule has 0 aliphatic carbocycles. The molecule has 10 nitrogen and oxygen atoms in total. The van der Waals surface area contributed by atoms with E-state index in [1.165, 1.54) is 17.5 Å². The van der Waals surface area contributed by atoms with Crippen LogP contribution in [-0.4, -0.2) is 72.3 Å². The normalized spacial score (nSPS) is 16.1. The van der Waals surface area contributed by atoms with Gasteiger partial charge in [0, 0.05) is 57.3 Å². The summed E-state index contributed by atoms with van der Waals surface area (Å²) < 4.78 is 30.0. The lowest BCUT2D eigenvalue weighted by atomic mass is 10.2. The van der Waals surface area contributed by atoms with Gasteiger partial charge in [0.1, 0.15) is 21.3 Å². The fourth-order valence-corrected chi connectivity index (χ4v) is 5.45. The number of amides is 1. The first-order chi connectivity index (χ1) is 16.8. The van der Waals surface area contributed by atoms with Crippen molar-refractivity contribution in [3.63, 3.8) is 0 Å². The number of alkyl halides is 2. The summed E-state index contributed by atoms with van der Waals surface area (Å²) in [6, 6.07) is 1.55. The van der Waals surface area contributed by atoms with E-state index in [-0.39, 0.29) is 30.6 Å². The molecule has 1 saturated heterocycles. The van der Waals surface area contributed by atoms with Gasteiger partial charge in [0.15, 0.2) is 0 Å². The zero-order valence-corrected chi connectivity index (χ0v) is 19.4. The van der Waals surface area contributed by atoms with Crippen LogP contribution in [0, 0.1) is 0 Å². The predicted molar refractivity (Wildman–Crippen MR) is 127 cm³/mol. The molecule has 6 rings (SSSR count). The van der Waals surface area contributed by atoms with Crippen molar-refractivity contribution in [2.24, 2.45) is 7.05 Å². The van der Waals surface area contributed by atoms with E-state index < -0.39 is 11.8 Å². The van der Waals surface area contributed by atoms with Crippen LogP contribution in [0.25, 0.3) is 37.2 Å². The summed E-state index contributed by atoms with van der Waals surface area (Å²) in [5.41, 5.74) is 2.20. The van der Waals surface area contributed by atoms with Gasteiger partial charge in [-0.15, -0.1) is 11.3 Å². The van der Waals surface area contributed by atoms with E-state index in [4.69, 9.17) is 0 Å². The fourth-order valence-electron chi connectivity index (χ4n) is 4.38. The van der Waals surface area contributed by atoms with Crippen molar-refractivity contribution in [2.45, 2.75) is 12.3 Å². The molecule has 0 spiro atoms. The van der Waals surface area contributed by atoms with Crippen molar-refractivity contribution in [3.05, 3.63) is 46.8 Å². The highest BCUT2D eigenvalue weighted by Gasteiger charge is 2.37. The van der Waals surface area contributed by atoms with Crippen molar-refractivity contribution in [1.82, 2.24) is 39.6 Å². The molecule has 1 aliphatic heterocycles. The summed E-state index contributed by atoms with van der Waals surface area (Å²) in [6.45, 7) is 0.596. The molecule has 1 amide bonds. The summed E-state index contributed by atoms with van der Waals surface area (Å²) in [7, 11) is 1.84. The quantitative estimate of drug-likeness (QED) is 0.384. The Kier molecular flexibility index (Phi) is 4.93. The average molecular weight is 499 g/mol. The fraction of sp³-hybridized carbons (Fsp3) is 0.318. The first kappa shape index (κ1) is 21.8. The lowest BCUT2D eigenvalue weighted by Gasteiger charge is -2.15. The summed E-state index contributed by atoms with van der Waals surface area (Å²) >= 11 is 1.43. The molecule has 180 valence electrons. The Hall–Kier alpha value is -3.71. The van der Waals surface area contributed by atoms with Crippen LogP contribution in [0.3, 0.4) is 0 Å². The molecule has 35 heavy (non-hydrogen) atoms. The van der Waals surface area contributed by atoms with Gasteiger partial charge in [-0.2, -0.15) is 10.2 Å². The number of hydrogen-bond donors (Lipinski definition) is 2. The number of carbonyl (C=O) groups is 1. The highest BCUT2D eigenvalue weighted by Crippen LogP contribution is 2.33. The third kappa shape index (κ3) is 3.86. The van der Waals surface area contributed by atoms with Crippen molar-refractivity contribution in [3.8, 4) is 10.4 Å². The first-order valence-electron chi connectivity index (χ1n) is 11.0. The monoisotopic (exact) mass is 498 g/mol. The highest BCUT2D eigenvalue weighted by molar-refractivity contribution is 7.21. The van der Waals surface area contributed by atoms with E-state index in [0.29, 0.717) is 39.9 Å². The van der Waals surface area contributed by atoms with E-state index in [2.05, 4.69) is 25.5 Å². The minimum Gasteiger partial charge on any atom is -0.351 e. The van der Waals surface area contributed by atoms with Gasteiger partial charge in [-0.3, -0.25) is 24.2 Å². The molecule has 0 aromatic carbocycles. The summed E-state index contributed by atoms with van der Waals surface area (Å²) in [4.78, 5) is 36.0. The molecule has 0 unspecified atom stereocenters. The van der Waals surface area contributed by atoms with Gasteiger partial charge in [0.05, 0.1) is 28.7 Å². The van der Waals surface area contributed by atoms with E-state index in [1.54, 1.807) is 26.4 Å². The molecule has 5 aromatic heterocycles. The second kappa shape index (κ2) is 7.92. The Balaban J connectivity index is 1.27. The molecule has 0 bridgehead atoms. The van der Waals surface area contributed by atoms with Gasteiger partial charge >= 0.3 is 0 Å². The molecular weight excluding hydrogens is 478 g/mol. The van der Waals surface area contributed by atoms with Crippen molar-refractivity contribution in [1.29, 1.82) is 0 Å². The third-order valence-electron chi connectivity index (χ3n) is 6.11. The van der Waals surface area contributed by atoms with E-state index >= 15 is 0 Å². The zero-order chi connectivity index (χ0) is 24.3. The van der Waals surface area contributed by atoms with E-state index in [0.717, 1.165) is 10.4 Å². The number of aromatic nitrogens is 6. The second-order valence-corrected chi connectivity index (χ2v) is 9.71. The number of nitrogens with zero attached hydrogens (tertiary/aromatic N) is 6. The Bertz CT molecular complexity index is 1670. The number of likely N-dealkylation sites (tertiary alicyclic amines) is 1. The van der Waals surface area contributed by atoms with Crippen LogP contribution in [0.2, 0.25) is 0 Å². The molecule has 0 atom stereocenters. The number of aromatic amines is 1. The average Bonchev–Trinajstić information content (AvgIpc) is 3.56. The maximum Gasteiger partial charge on any atom is 0.261 e. The maximum absolute atomic E-state index is 13.3. The summed E-state index contributed by atoms with van der Waals surface area (Å²) in [6.07, 6.45) is 6.76. The number of carbonyl (C=O) groups excluding carboxylic acids is 1. The minimum absolute atomic E-state index is 0.159. The second-order valence-electron chi connectivity index (χ2n) is 8.68. The van der Waals surface area contributed by atoms with Crippen LogP contribution in [0.5, 0.6) is 0 Å². The van der Waals surface area contributed by atoms with Crippen molar-refractivity contribution < 1.29 is 13.6 Å². The van der Waals surface area contributed by atoms with Crippen LogP contribution in [0.15, 0.2) is 35.6 Å². The van der Waals surface area contributed by atoms with E-state index in [9.17, 15) is 18.4 Å². The van der Waals surface area contributed by atoms with Gasteiger partial charge in [0.25, 0.3) is 17.4 Å². The van der Waals surface area contributed by atoms with Gasteiger partial charge < -0.3 is 10.3 Å². The van der Waals surface area contributed by atoms with Crippen LogP contribution in [0.4, 0.5) is 8.78 Å². The number of H-pyrrole nitrogens is 1. The number of fused-ring (bicyclic) bond motifs is 5. The standard InChI is InChI=1S/C22H20F2N8O2S/c1-30-9-13(8-27-30)15-10-32-21(35-15)16-18(29-32)17-14(28-20(16)34)6-12(7-26-17)19(33)25-3-5-31-4-2-22(23,24)11-31/h6-10H,2-5,11H2,1H3,(H,25,33)(H,28,34). The molecule has 1 fully saturated rings.